The Morgan fingerprint density at radius 2 is 2.32 bits per heavy atom. The van der Waals surface area contributed by atoms with Crippen LogP contribution in [0, 0.1) is 0 Å². The van der Waals surface area contributed by atoms with Gasteiger partial charge < -0.3 is 14.6 Å². The summed E-state index contributed by atoms with van der Waals surface area (Å²) in [7, 11) is 0. The van der Waals surface area contributed by atoms with E-state index in [4.69, 9.17) is 9.47 Å². The summed E-state index contributed by atoms with van der Waals surface area (Å²) in [4.78, 5) is 12.0. The van der Waals surface area contributed by atoms with E-state index in [1.165, 1.54) is 0 Å². The third kappa shape index (κ3) is 1.80. The minimum atomic E-state index is -0.501. The highest BCUT2D eigenvalue weighted by Gasteiger charge is 2.31. The Bertz CT molecular complexity index is 611. The van der Waals surface area contributed by atoms with Gasteiger partial charge in [-0.25, -0.2) is 4.79 Å². The molecule has 0 amide bonds. The first-order chi connectivity index (χ1) is 9.22. The molecule has 0 radical (unpaired) electrons. The first kappa shape index (κ1) is 11.8. The maximum Gasteiger partial charge on any atom is 0.342 e. The van der Waals surface area contributed by atoms with Gasteiger partial charge in [0.1, 0.15) is 23.7 Å². The SMILES string of the molecule is CCOC(=O)C1=C(O)COc2cccc3c2C1=CC3. The summed E-state index contributed by atoms with van der Waals surface area (Å²) in [5, 5.41) is 10.1. The van der Waals surface area contributed by atoms with E-state index >= 15 is 0 Å². The van der Waals surface area contributed by atoms with Gasteiger partial charge in [-0.1, -0.05) is 18.2 Å². The average molecular weight is 258 g/mol. The molecule has 1 N–H and O–H groups in total. The molecule has 19 heavy (non-hydrogen) atoms. The van der Waals surface area contributed by atoms with E-state index in [2.05, 4.69) is 0 Å². The number of hydrogen-bond donors (Lipinski definition) is 1. The quantitative estimate of drug-likeness (QED) is 0.827. The molecule has 1 heterocycles. The number of rotatable bonds is 2. The van der Waals surface area contributed by atoms with Crippen LogP contribution in [0.5, 0.6) is 5.75 Å². The van der Waals surface area contributed by atoms with E-state index in [1.807, 2.05) is 24.3 Å². The van der Waals surface area contributed by atoms with E-state index in [9.17, 15) is 9.90 Å². The largest absolute Gasteiger partial charge is 0.508 e. The normalized spacial score (nSPS) is 16.4. The Morgan fingerprint density at radius 1 is 1.47 bits per heavy atom. The van der Waals surface area contributed by atoms with Gasteiger partial charge in [-0.2, -0.15) is 0 Å². The summed E-state index contributed by atoms with van der Waals surface area (Å²) in [6.45, 7) is 2.01. The molecular formula is C15H14O4. The Labute approximate surface area is 111 Å². The second-order valence-corrected chi connectivity index (χ2v) is 4.44. The minimum Gasteiger partial charge on any atom is -0.508 e. The van der Waals surface area contributed by atoms with Crippen LogP contribution in [0.15, 0.2) is 35.6 Å². The Hall–Kier alpha value is -2.23. The van der Waals surface area contributed by atoms with Gasteiger partial charge in [0.05, 0.1) is 6.61 Å². The zero-order chi connectivity index (χ0) is 13.4. The lowest BCUT2D eigenvalue weighted by Crippen LogP contribution is -2.12. The van der Waals surface area contributed by atoms with Crippen molar-refractivity contribution in [3.05, 3.63) is 46.7 Å². The summed E-state index contributed by atoms with van der Waals surface area (Å²) >= 11 is 0. The first-order valence-corrected chi connectivity index (χ1v) is 6.27. The molecule has 4 heteroatoms. The molecule has 0 fully saturated rings. The van der Waals surface area contributed by atoms with Gasteiger partial charge in [0, 0.05) is 11.1 Å². The van der Waals surface area contributed by atoms with Crippen LogP contribution in [0.25, 0.3) is 5.57 Å². The highest BCUT2D eigenvalue weighted by atomic mass is 16.5. The molecule has 0 aromatic heterocycles. The molecule has 0 bridgehead atoms. The number of aliphatic hydroxyl groups is 1. The van der Waals surface area contributed by atoms with Gasteiger partial charge in [-0.3, -0.25) is 0 Å². The lowest BCUT2D eigenvalue weighted by molar-refractivity contribution is -0.138. The van der Waals surface area contributed by atoms with Crippen LogP contribution in [-0.2, 0) is 16.0 Å². The molecule has 98 valence electrons. The fourth-order valence-corrected chi connectivity index (χ4v) is 2.52. The molecule has 1 aliphatic heterocycles. The molecule has 0 unspecified atom stereocenters. The molecule has 0 spiro atoms. The van der Waals surface area contributed by atoms with Crippen LogP contribution in [0.3, 0.4) is 0 Å². The molecule has 0 saturated carbocycles. The Morgan fingerprint density at radius 3 is 3.11 bits per heavy atom. The third-order valence-corrected chi connectivity index (χ3v) is 3.31. The fourth-order valence-electron chi connectivity index (χ4n) is 2.52. The highest BCUT2D eigenvalue weighted by Crippen LogP contribution is 2.42. The van der Waals surface area contributed by atoms with E-state index < -0.39 is 5.97 Å². The van der Waals surface area contributed by atoms with Crippen molar-refractivity contribution in [3.8, 4) is 5.75 Å². The lowest BCUT2D eigenvalue weighted by Gasteiger charge is -2.10. The number of ether oxygens (including phenoxy) is 2. The van der Waals surface area contributed by atoms with Gasteiger partial charge in [-0.05, 0) is 25.0 Å². The molecule has 4 nitrogen and oxygen atoms in total. The summed E-state index contributed by atoms with van der Waals surface area (Å²) in [5.41, 5.74) is 2.95. The molecular weight excluding hydrogens is 244 g/mol. The van der Waals surface area contributed by atoms with Crippen molar-refractivity contribution in [2.75, 3.05) is 13.2 Å². The van der Waals surface area contributed by atoms with Gasteiger partial charge >= 0.3 is 5.97 Å². The van der Waals surface area contributed by atoms with Crippen LogP contribution >= 0.6 is 0 Å². The highest BCUT2D eigenvalue weighted by molar-refractivity contribution is 6.09. The number of allylic oxidation sites excluding steroid dienone is 1. The number of hydrogen-bond acceptors (Lipinski definition) is 4. The van der Waals surface area contributed by atoms with E-state index in [0.29, 0.717) is 5.75 Å². The summed E-state index contributed by atoms with van der Waals surface area (Å²) in [5.74, 6) is 0.125. The topological polar surface area (TPSA) is 55.8 Å². The van der Waals surface area contributed by atoms with Gasteiger partial charge in [-0.15, -0.1) is 0 Å². The summed E-state index contributed by atoms with van der Waals surface area (Å²) in [6, 6.07) is 5.76. The lowest BCUT2D eigenvalue weighted by atomic mass is 9.98. The van der Waals surface area contributed by atoms with E-state index in [-0.39, 0.29) is 24.5 Å². The molecule has 0 saturated heterocycles. The smallest absolute Gasteiger partial charge is 0.342 e. The standard InChI is InChI=1S/C15H14O4/c1-2-18-15(17)14-10-7-6-9-4-3-5-12(13(9)10)19-8-11(14)16/h3-5,7,16H,2,6,8H2,1H3. The maximum absolute atomic E-state index is 12.0. The third-order valence-electron chi connectivity index (χ3n) is 3.31. The maximum atomic E-state index is 12.0. The Balaban J connectivity index is 2.13. The van der Waals surface area contributed by atoms with Crippen molar-refractivity contribution in [1.29, 1.82) is 0 Å². The molecule has 3 rings (SSSR count). The van der Waals surface area contributed by atoms with Crippen LogP contribution in [0.2, 0.25) is 0 Å². The fraction of sp³-hybridized carbons (Fsp3) is 0.267. The second-order valence-electron chi connectivity index (χ2n) is 4.44. The van der Waals surface area contributed by atoms with Gasteiger partial charge in [0.15, 0.2) is 0 Å². The van der Waals surface area contributed by atoms with E-state index in [1.54, 1.807) is 6.92 Å². The molecule has 1 aromatic carbocycles. The average Bonchev–Trinajstić information content (AvgIpc) is 2.75. The number of esters is 1. The summed E-state index contributed by atoms with van der Waals surface area (Å²) in [6.07, 6.45) is 2.67. The van der Waals surface area contributed by atoms with Crippen molar-refractivity contribution in [2.24, 2.45) is 0 Å². The van der Waals surface area contributed by atoms with Crippen molar-refractivity contribution >= 4 is 11.5 Å². The van der Waals surface area contributed by atoms with Gasteiger partial charge in [0.25, 0.3) is 0 Å². The van der Waals surface area contributed by atoms with Crippen molar-refractivity contribution in [2.45, 2.75) is 13.3 Å². The number of benzene rings is 1. The van der Waals surface area contributed by atoms with Crippen molar-refractivity contribution < 1.29 is 19.4 Å². The monoisotopic (exact) mass is 258 g/mol. The summed E-state index contributed by atoms with van der Waals surface area (Å²) < 4.78 is 10.6. The molecule has 1 aliphatic carbocycles. The number of carbonyl (C=O) groups excluding carboxylic acids is 1. The van der Waals surface area contributed by atoms with Crippen LogP contribution in [0.4, 0.5) is 0 Å². The molecule has 0 atom stereocenters. The zero-order valence-electron chi connectivity index (χ0n) is 10.6. The van der Waals surface area contributed by atoms with Crippen LogP contribution in [-0.4, -0.2) is 24.3 Å². The van der Waals surface area contributed by atoms with Crippen molar-refractivity contribution in [3.63, 3.8) is 0 Å². The van der Waals surface area contributed by atoms with Gasteiger partial charge in [0.2, 0.25) is 0 Å². The molecule has 2 aliphatic rings. The number of aliphatic hydroxyl groups excluding tert-OH is 1. The predicted molar refractivity (Wildman–Crippen MR) is 69.9 cm³/mol. The first-order valence-electron chi connectivity index (χ1n) is 6.27. The zero-order valence-corrected chi connectivity index (χ0v) is 10.6. The van der Waals surface area contributed by atoms with Crippen LogP contribution < -0.4 is 4.74 Å². The molecule has 1 aromatic rings. The Kier molecular flexibility index (Phi) is 2.78. The predicted octanol–water partition coefficient (Wildman–Crippen LogP) is 2.39. The second kappa shape index (κ2) is 4.46. The van der Waals surface area contributed by atoms with E-state index in [0.717, 1.165) is 23.1 Å². The minimum absolute atomic E-state index is 0.0120. The number of carbonyl (C=O) groups is 1. The van der Waals surface area contributed by atoms with Crippen LogP contribution in [0.1, 0.15) is 18.1 Å². The van der Waals surface area contributed by atoms with Crippen molar-refractivity contribution in [1.82, 2.24) is 0 Å².